The van der Waals surface area contributed by atoms with Gasteiger partial charge < -0.3 is 15.1 Å². The van der Waals surface area contributed by atoms with E-state index in [1.807, 2.05) is 13.8 Å². The second-order valence-electron chi connectivity index (χ2n) is 9.82. The van der Waals surface area contributed by atoms with Crippen molar-refractivity contribution in [2.75, 3.05) is 6.61 Å². The Balaban J connectivity index is 1.75. The van der Waals surface area contributed by atoms with E-state index in [0.717, 1.165) is 24.8 Å². The summed E-state index contributed by atoms with van der Waals surface area (Å²) in [6.07, 6.45) is 3.21. The highest BCUT2D eigenvalue weighted by Gasteiger charge is 2.59. The third kappa shape index (κ3) is 3.91. The zero-order valence-electron chi connectivity index (χ0n) is 17.6. The number of hydrogen-bond donors (Lipinski definition) is 2. The molecule has 0 aromatic heterocycles. The molecule has 0 aliphatic heterocycles. The minimum Gasteiger partial charge on any atom is -0.508 e. The lowest BCUT2D eigenvalue weighted by atomic mass is 9.44. The lowest BCUT2D eigenvalue weighted by Gasteiger charge is -2.59. The van der Waals surface area contributed by atoms with Gasteiger partial charge in [0.15, 0.2) is 0 Å². The van der Waals surface area contributed by atoms with E-state index >= 15 is 0 Å². The number of ketones is 1. The van der Waals surface area contributed by atoms with E-state index in [2.05, 4.69) is 18.7 Å². The number of fused-ring (bicyclic) bond motifs is 2. The normalized spacial score (nSPS) is 25.4. The number of rotatable bonds is 8. The molecule has 1 aromatic carbocycles. The lowest BCUT2D eigenvalue weighted by Crippen LogP contribution is -2.56. The summed E-state index contributed by atoms with van der Waals surface area (Å²) in [6, 6.07) is 3.40. The Morgan fingerprint density at radius 3 is 2.38 bits per heavy atom. The van der Waals surface area contributed by atoms with Crippen LogP contribution in [0, 0.1) is 27.4 Å². The topological polar surface area (TPSA) is 110 Å². The van der Waals surface area contributed by atoms with E-state index in [9.17, 15) is 25.1 Å². The van der Waals surface area contributed by atoms with Gasteiger partial charge in [0.1, 0.15) is 17.3 Å². The molecular weight excluding hydrogens is 374 g/mol. The van der Waals surface area contributed by atoms with Crippen LogP contribution in [-0.2, 0) is 15.0 Å². The fourth-order valence-electron chi connectivity index (χ4n) is 5.34. The summed E-state index contributed by atoms with van der Waals surface area (Å²) in [6.45, 7) is 8.29. The molecule has 7 heteroatoms. The van der Waals surface area contributed by atoms with Crippen molar-refractivity contribution >= 4 is 5.78 Å². The van der Waals surface area contributed by atoms with Crippen molar-refractivity contribution < 1.29 is 24.9 Å². The Morgan fingerprint density at radius 1 is 1.24 bits per heavy atom. The van der Waals surface area contributed by atoms with Gasteiger partial charge in [-0.2, -0.15) is 0 Å². The number of nitrogens with zero attached hydrogens (tertiary/aromatic N) is 1. The summed E-state index contributed by atoms with van der Waals surface area (Å²) >= 11 is 0. The molecule has 3 aliphatic carbocycles. The first-order valence-electron chi connectivity index (χ1n) is 10.3. The van der Waals surface area contributed by atoms with Gasteiger partial charge in [-0.1, -0.05) is 34.1 Å². The van der Waals surface area contributed by atoms with E-state index < -0.39 is 5.09 Å². The van der Waals surface area contributed by atoms with Crippen molar-refractivity contribution in [2.24, 2.45) is 17.3 Å². The van der Waals surface area contributed by atoms with Crippen LogP contribution in [0.2, 0.25) is 0 Å². The third-order valence-corrected chi connectivity index (χ3v) is 7.32. The molecule has 3 saturated carbocycles. The first kappa shape index (κ1) is 21.4. The van der Waals surface area contributed by atoms with E-state index in [-0.39, 0.29) is 52.5 Å². The first-order chi connectivity index (χ1) is 13.4. The van der Waals surface area contributed by atoms with Gasteiger partial charge in [-0.05, 0) is 53.7 Å². The average Bonchev–Trinajstić information content (AvgIpc) is 2.59. The second kappa shape index (κ2) is 7.50. The second-order valence-corrected chi connectivity index (χ2v) is 9.82. The van der Waals surface area contributed by atoms with Crippen LogP contribution in [0.15, 0.2) is 12.1 Å². The molecule has 0 spiro atoms. The molecule has 2 bridgehead atoms. The average molecular weight is 405 g/mol. The molecule has 3 fully saturated rings. The summed E-state index contributed by atoms with van der Waals surface area (Å²) in [5.41, 5.74) is 0.876. The molecule has 0 saturated heterocycles. The number of unbranched alkanes of at least 4 members (excludes halogenated alkanes) is 1. The summed E-state index contributed by atoms with van der Waals surface area (Å²) in [5, 5.41) is 31.0. The van der Waals surface area contributed by atoms with Crippen LogP contribution in [0.4, 0.5) is 0 Å². The standard InChI is InChI=1S/C22H31NO6/c1-21(2,7-5-6-8-29-23(27)28)13-9-18(25)20(19(26)10-13)14-11-17(24)16-12-15(14)22(16,3)4/h9-10,14-16,25-26H,5-8,11-12H2,1-4H3/t14-,15-,16+/m0/s1. The lowest BCUT2D eigenvalue weighted by molar-refractivity contribution is -0.757. The van der Waals surface area contributed by atoms with Gasteiger partial charge in [-0.25, -0.2) is 0 Å². The van der Waals surface area contributed by atoms with Crippen molar-refractivity contribution in [3.8, 4) is 11.5 Å². The van der Waals surface area contributed by atoms with Gasteiger partial charge in [-0.15, -0.1) is 10.1 Å². The number of carbonyl (C=O) groups excluding carboxylic acids is 1. The molecule has 0 radical (unpaired) electrons. The van der Waals surface area contributed by atoms with Crippen LogP contribution in [-0.4, -0.2) is 27.7 Å². The maximum absolute atomic E-state index is 12.5. The van der Waals surface area contributed by atoms with Crippen LogP contribution in [0.5, 0.6) is 11.5 Å². The fraction of sp³-hybridized carbons (Fsp3) is 0.682. The Bertz CT molecular complexity index is 793. The van der Waals surface area contributed by atoms with Crippen LogP contribution < -0.4 is 0 Å². The van der Waals surface area contributed by atoms with Gasteiger partial charge >= 0.3 is 0 Å². The van der Waals surface area contributed by atoms with Crippen molar-refractivity contribution in [3.05, 3.63) is 33.4 Å². The fourth-order valence-corrected chi connectivity index (χ4v) is 5.34. The van der Waals surface area contributed by atoms with Crippen LogP contribution in [0.1, 0.15) is 76.8 Å². The van der Waals surface area contributed by atoms with E-state index in [0.29, 0.717) is 18.4 Å². The summed E-state index contributed by atoms with van der Waals surface area (Å²) < 4.78 is 0. The Morgan fingerprint density at radius 2 is 1.86 bits per heavy atom. The zero-order chi connectivity index (χ0) is 21.6. The first-order valence-corrected chi connectivity index (χ1v) is 10.3. The number of carbonyl (C=O) groups is 1. The molecule has 160 valence electrons. The predicted octanol–water partition coefficient (Wildman–Crippen LogP) is 4.47. The largest absolute Gasteiger partial charge is 0.508 e. The van der Waals surface area contributed by atoms with Gasteiger partial charge in [0, 0.05) is 23.8 Å². The van der Waals surface area contributed by atoms with Gasteiger partial charge in [0.2, 0.25) is 0 Å². The molecule has 0 unspecified atom stereocenters. The highest BCUT2D eigenvalue weighted by atomic mass is 16.9. The predicted molar refractivity (Wildman–Crippen MR) is 107 cm³/mol. The molecule has 3 atom stereocenters. The molecule has 29 heavy (non-hydrogen) atoms. The van der Waals surface area contributed by atoms with Gasteiger partial charge in [0.05, 0.1) is 6.61 Å². The Kier molecular flexibility index (Phi) is 5.54. The summed E-state index contributed by atoms with van der Waals surface area (Å²) in [7, 11) is 0. The summed E-state index contributed by atoms with van der Waals surface area (Å²) in [5.74, 6) is 0.544. The Labute approximate surface area is 171 Å². The minimum absolute atomic E-state index is 0.0451. The highest BCUT2D eigenvalue weighted by molar-refractivity contribution is 5.86. The maximum Gasteiger partial charge on any atom is 0.294 e. The monoisotopic (exact) mass is 405 g/mol. The Hall–Kier alpha value is -2.31. The smallest absolute Gasteiger partial charge is 0.294 e. The number of phenolic OH excluding ortho intramolecular Hbond substituents is 2. The minimum atomic E-state index is -0.790. The number of Topliss-reactive ketones (excluding diaryl/α,β-unsaturated/α-hetero) is 1. The molecule has 2 N–H and O–H groups in total. The zero-order valence-corrected chi connectivity index (χ0v) is 17.6. The van der Waals surface area contributed by atoms with E-state index in [1.165, 1.54) is 0 Å². The quantitative estimate of drug-likeness (QED) is 0.375. The van der Waals surface area contributed by atoms with E-state index in [1.54, 1.807) is 12.1 Å². The van der Waals surface area contributed by atoms with Crippen LogP contribution in [0.25, 0.3) is 0 Å². The highest BCUT2D eigenvalue weighted by Crippen LogP contribution is 2.64. The van der Waals surface area contributed by atoms with Crippen LogP contribution >= 0.6 is 0 Å². The van der Waals surface area contributed by atoms with Crippen molar-refractivity contribution in [1.82, 2.24) is 0 Å². The number of benzene rings is 1. The molecule has 0 amide bonds. The van der Waals surface area contributed by atoms with Gasteiger partial charge in [-0.3, -0.25) is 4.79 Å². The van der Waals surface area contributed by atoms with Crippen molar-refractivity contribution in [3.63, 3.8) is 0 Å². The SMILES string of the molecule is CC(C)(CCCCO[N+](=O)[O-])c1cc(O)c([C@H]2CC(=O)[C@H]3C[C@@H]2C3(C)C)c(O)c1. The number of phenols is 2. The maximum atomic E-state index is 12.5. The molecule has 4 rings (SSSR count). The van der Waals surface area contributed by atoms with E-state index in [4.69, 9.17) is 0 Å². The number of hydrogen-bond acceptors (Lipinski definition) is 6. The molecule has 0 heterocycles. The van der Waals surface area contributed by atoms with Crippen molar-refractivity contribution in [1.29, 1.82) is 0 Å². The van der Waals surface area contributed by atoms with Crippen molar-refractivity contribution in [2.45, 2.75) is 71.1 Å². The third-order valence-electron chi connectivity index (χ3n) is 7.32. The van der Waals surface area contributed by atoms with Crippen LogP contribution in [0.3, 0.4) is 0 Å². The van der Waals surface area contributed by atoms with Gasteiger partial charge in [0.25, 0.3) is 5.09 Å². The molecular formula is C22H31NO6. The molecule has 3 aliphatic rings. The number of aromatic hydroxyl groups is 2. The summed E-state index contributed by atoms with van der Waals surface area (Å²) in [4.78, 5) is 27.0. The molecule has 7 nitrogen and oxygen atoms in total. The molecule has 1 aromatic rings.